The predicted octanol–water partition coefficient (Wildman–Crippen LogP) is 1.26. The number of cyclic esters (lactones) is 1. The molecule has 4 saturated carbocycles. The number of hydrogen-bond donors (Lipinski definition) is 4. The van der Waals surface area contributed by atoms with Crippen molar-refractivity contribution in [2.45, 2.75) is 114 Å². The monoisotopic (exact) mass is 564 g/mol. The van der Waals surface area contributed by atoms with Crippen LogP contribution in [0, 0.1) is 34.5 Å². The minimum Gasteiger partial charge on any atom is -0.458 e. The Morgan fingerprint density at radius 1 is 1.02 bits per heavy atom. The molecule has 10 heteroatoms. The van der Waals surface area contributed by atoms with Crippen LogP contribution in [0.5, 0.6) is 0 Å². The summed E-state index contributed by atoms with van der Waals surface area (Å²) < 4.78 is 22.5. The van der Waals surface area contributed by atoms with Crippen LogP contribution in [-0.2, 0) is 28.5 Å². The molecule has 0 spiro atoms. The summed E-state index contributed by atoms with van der Waals surface area (Å²) in [5.41, 5.74) is -1.96. The number of methoxy groups -OCH3 is 1. The van der Waals surface area contributed by atoms with Gasteiger partial charge in [-0.2, -0.15) is 0 Å². The molecule has 2 aliphatic heterocycles. The van der Waals surface area contributed by atoms with Crippen LogP contribution in [0.2, 0.25) is 0 Å². The SMILES string of the molecule is COC1C(O)C(C)OC(OC2CCC3(C)C(CCC4C3C(=O)C(O)C3(C)C(C5=CC(=O)OC5)CCC43O)C2)C1O. The molecule has 0 radical (unpaired) electrons. The highest BCUT2D eigenvalue weighted by Gasteiger charge is 2.73. The van der Waals surface area contributed by atoms with Crippen LogP contribution < -0.4 is 0 Å². The second-order valence-electron chi connectivity index (χ2n) is 13.7. The van der Waals surface area contributed by atoms with Crippen LogP contribution in [-0.4, -0.2) is 94.4 Å². The lowest BCUT2D eigenvalue weighted by atomic mass is 9.42. The number of rotatable bonds is 4. The lowest BCUT2D eigenvalue weighted by Crippen LogP contribution is -2.70. The van der Waals surface area contributed by atoms with Gasteiger partial charge in [0.15, 0.2) is 12.1 Å². The summed E-state index contributed by atoms with van der Waals surface area (Å²) >= 11 is 0. The second-order valence-corrected chi connectivity index (χ2v) is 13.7. The van der Waals surface area contributed by atoms with Crippen molar-refractivity contribution in [1.82, 2.24) is 0 Å². The molecule has 6 rings (SSSR count). The summed E-state index contributed by atoms with van der Waals surface area (Å²) in [6, 6.07) is 0. The van der Waals surface area contributed by atoms with Crippen molar-refractivity contribution in [2.75, 3.05) is 13.7 Å². The molecule has 0 aromatic rings. The summed E-state index contributed by atoms with van der Waals surface area (Å²) in [4.78, 5) is 25.9. The van der Waals surface area contributed by atoms with Crippen LogP contribution in [0.3, 0.4) is 0 Å². The molecular weight excluding hydrogens is 520 g/mol. The van der Waals surface area contributed by atoms with Gasteiger partial charge in [-0.05, 0) is 80.6 Å². The molecule has 0 amide bonds. The van der Waals surface area contributed by atoms with Gasteiger partial charge < -0.3 is 39.4 Å². The molecule has 224 valence electrons. The number of Topliss-reactive ketones (excluding diaryl/α,β-unsaturated/α-hetero) is 1. The van der Waals surface area contributed by atoms with Gasteiger partial charge in [0.05, 0.1) is 17.8 Å². The molecule has 0 aromatic carbocycles. The molecule has 6 aliphatic rings. The van der Waals surface area contributed by atoms with E-state index in [1.807, 2.05) is 6.92 Å². The van der Waals surface area contributed by atoms with E-state index in [0.29, 0.717) is 38.5 Å². The van der Waals surface area contributed by atoms with Crippen LogP contribution in [0.15, 0.2) is 11.6 Å². The Labute approximate surface area is 235 Å². The highest BCUT2D eigenvalue weighted by molar-refractivity contribution is 5.90. The van der Waals surface area contributed by atoms with E-state index in [9.17, 15) is 30.0 Å². The van der Waals surface area contributed by atoms with E-state index in [4.69, 9.17) is 18.9 Å². The fourth-order valence-corrected chi connectivity index (χ4v) is 9.86. The zero-order valence-electron chi connectivity index (χ0n) is 23.8. The third-order valence-electron chi connectivity index (χ3n) is 12.2. The van der Waals surface area contributed by atoms with Crippen LogP contribution in [0.1, 0.15) is 65.7 Å². The number of aliphatic hydroxyl groups is 4. The van der Waals surface area contributed by atoms with E-state index in [1.165, 1.54) is 13.2 Å². The van der Waals surface area contributed by atoms with Gasteiger partial charge in [0, 0.05) is 24.5 Å². The Hall–Kier alpha value is -1.40. The van der Waals surface area contributed by atoms with Gasteiger partial charge in [-0.25, -0.2) is 4.79 Å². The van der Waals surface area contributed by atoms with Crippen molar-refractivity contribution >= 4 is 11.8 Å². The molecule has 14 unspecified atom stereocenters. The Kier molecular flexibility index (Phi) is 7.05. The van der Waals surface area contributed by atoms with Crippen molar-refractivity contribution in [3.8, 4) is 0 Å². The lowest BCUT2D eigenvalue weighted by molar-refractivity contribution is -0.313. The Balaban J connectivity index is 1.22. The number of ketones is 1. The van der Waals surface area contributed by atoms with Crippen LogP contribution >= 0.6 is 0 Å². The number of carbonyl (C=O) groups excluding carboxylic acids is 2. The van der Waals surface area contributed by atoms with Gasteiger partial charge in [0.1, 0.15) is 31.0 Å². The highest BCUT2D eigenvalue weighted by Crippen LogP contribution is 2.69. The maximum absolute atomic E-state index is 14.1. The molecule has 40 heavy (non-hydrogen) atoms. The van der Waals surface area contributed by atoms with Gasteiger partial charge in [-0.3, -0.25) is 4.79 Å². The van der Waals surface area contributed by atoms with Crippen molar-refractivity contribution in [3.05, 3.63) is 11.6 Å². The Bertz CT molecular complexity index is 1080. The average Bonchev–Trinajstić information content (AvgIpc) is 3.47. The summed E-state index contributed by atoms with van der Waals surface area (Å²) in [5.74, 6) is -1.51. The standard InChI is InChI=1S/C30H44O10/c1-14-22(32)25(37-4)24(34)27(39-14)40-17-7-9-28(2)16(12-17)5-6-19-21(28)23(33)26(35)29(3)18(8-10-30(19,29)36)15-11-20(31)38-13-15/h11,14,16-19,21-22,24-27,32,34-36H,5-10,12-13H2,1-4H3. The molecular formula is C30H44O10. The molecule has 1 saturated heterocycles. The maximum atomic E-state index is 14.1. The number of carbonyl (C=O) groups is 2. The predicted molar refractivity (Wildman–Crippen MR) is 140 cm³/mol. The molecule has 10 nitrogen and oxygen atoms in total. The first-order valence-corrected chi connectivity index (χ1v) is 14.9. The molecule has 0 bridgehead atoms. The maximum Gasteiger partial charge on any atom is 0.331 e. The highest BCUT2D eigenvalue weighted by atomic mass is 16.7. The van der Waals surface area contributed by atoms with E-state index < -0.39 is 65.1 Å². The van der Waals surface area contributed by atoms with Gasteiger partial charge in [0.2, 0.25) is 0 Å². The number of aliphatic hydroxyl groups excluding tert-OH is 3. The van der Waals surface area contributed by atoms with Gasteiger partial charge in [-0.1, -0.05) is 13.8 Å². The number of hydrogen-bond acceptors (Lipinski definition) is 10. The van der Waals surface area contributed by atoms with Crippen molar-refractivity contribution in [3.63, 3.8) is 0 Å². The molecule has 14 atom stereocenters. The molecule has 4 aliphatic carbocycles. The number of esters is 1. The van der Waals surface area contributed by atoms with E-state index in [1.54, 1.807) is 6.92 Å². The topological polar surface area (TPSA) is 152 Å². The Morgan fingerprint density at radius 3 is 2.45 bits per heavy atom. The third kappa shape index (κ3) is 3.86. The summed E-state index contributed by atoms with van der Waals surface area (Å²) in [6.07, 6.45) is 0.0981. The van der Waals surface area contributed by atoms with Crippen molar-refractivity contribution < 1.29 is 49.0 Å². The smallest absolute Gasteiger partial charge is 0.331 e. The normalized spacial score (nSPS) is 54.3. The zero-order chi connectivity index (χ0) is 28.8. The van der Waals surface area contributed by atoms with Gasteiger partial charge in [0.25, 0.3) is 0 Å². The first-order valence-electron chi connectivity index (χ1n) is 14.9. The minimum absolute atomic E-state index is 0.138. The fraction of sp³-hybridized carbons (Fsp3) is 0.867. The quantitative estimate of drug-likeness (QED) is 0.290. The largest absolute Gasteiger partial charge is 0.458 e. The van der Waals surface area contributed by atoms with Crippen molar-refractivity contribution in [1.29, 1.82) is 0 Å². The van der Waals surface area contributed by atoms with E-state index in [0.717, 1.165) is 12.0 Å². The lowest BCUT2D eigenvalue weighted by Gasteiger charge is -2.64. The zero-order valence-corrected chi connectivity index (χ0v) is 23.8. The van der Waals surface area contributed by atoms with Crippen LogP contribution in [0.4, 0.5) is 0 Å². The molecule has 0 aromatic heterocycles. The van der Waals surface area contributed by atoms with Crippen LogP contribution in [0.25, 0.3) is 0 Å². The summed E-state index contributed by atoms with van der Waals surface area (Å²) in [6.45, 7) is 5.82. The average molecular weight is 565 g/mol. The minimum atomic E-state index is -1.34. The van der Waals surface area contributed by atoms with Gasteiger partial charge in [-0.15, -0.1) is 0 Å². The number of fused-ring (bicyclic) bond motifs is 5. The first-order chi connectivity index (χ1) is 18.9. The van der Waals surface area contributed by atoms with Crippen molar-refractivity contribution in [2.24, 2.45) is 34.5 Å². The number of ether oxygens (including phenoxy) is 4. The molecule has 5 fully saturated rings. The second kappa shape index (κ2) is 9.82. The summed E-state index contributed by atoms with van der Waals surface area (Å²) in [5, 5.41) is 45.1. The summed E-state index contributed by atoms with van der Waals surface area (Å²) in [7, 11) is 1.44. The van der Waals surface area contributed by atoms with E-state index in [-0.39, 0.29) is 36.2 Å². The third-order valence-corrected chi connectivity index (χ3v) is 12.2. The molecule has 4 N–H and O–H groups in total. The first kappa shape index (κ1) is 28.7. The fourth-order valence-electron chi connectivity index (χ4n) is 9.86. The van der Waals surface area contributed by atoms with E-state index >= 15 is 0 Å². The van der Waals surface area contributed by atoms with Gasteiger partial charge >= 0.3 is 5.97 Å². The van der Waals surface area contributed by atoms with E-state index in [2.05, 4.69) is 6.92 Å². The Morgan fingerprint density at radius 2 is 1.77 bits per heavy atom. The molecule has 2 heterocycles.